The molecule has 1 N–H and O–H groups in total. The van der Waals surface area contributed by atoms with Gasteiger partial charge in [-0.25, -0.2) is 4.98 Å². The number of piperidine rings is 1. The van der Waals surface area contributed by atoms with Crippen molar-refractivity contribution in [2.24, 2.45) is 0 Å². The monoisotopic (exact) mass is 339 g/mol. The fraction of sp³-hybridized carbons (Fsp3) is 0.412. The lowest BCUT2D eigenvalue weighted by molar-refractivity contribution is 0.411. The maximum absolute atomic E-state index is 5.44. The third kappa shape index (κ3) is 2.84. The summed E-state index contributed by atoms with van der Waals surface area (Å²) in [6.45, 7) is 3.87. The van der Waals surface area contributed by atoms with Gasteiger partial charge in [0.05, 0.1) is 19.1 Å². The van der Waals surface area contributed by atoms with Crippen molar-refractivity contribution in [1.29, 1.82) is 0 Å². The number of tetrazole rings is 1. The highest BCUT2D eigenvalue weighted by Crippen LogP contribution is 2.31. The van der Waals surface area contributed by atoms with Crippen molar-refractivity contribution in [3.8, 4) is 11.4 Å². The standard InChI is InChI=1S/C17H21N7O/c1-12-16(19-11-18-12)13-7-9-23(10-8-13)17-20-21-22-24(17)14-5-3-4-6-15(14)25-2/h3-6,11,13H,7-10H2,1-2H3,(H,18,19). The van der Waals surface area contributed by atoms with Gasteiger partial charge in [-0.05, 0) is 42.3 Å². The summed E-state index contributed by atoms with van der Waals surface area (Å²) in [6, 6.07) is 7.76. The first kappa shape index (κ1) is 15.6. The number of benzene rings is 1. The second-order valence-corrected chi connectivity index (χ2v) is 6.24. The highest BCUT2D eigenvalue weighted by molar-refractivity contribution is 5.50. The minimum absolute atomic E-state index is 0.484. The Labute approximate surface area is 145 Å². The zero-order valence-corrected chi connectivity index (χ0v) is 14.4. The van der Waals surface area contributed by atoms with E-state index in [2.05, 4.69) is 37.3 Å². The molecule has 0 bridgehead atoms. The number of aryl methyl sites for hydroxylation is 1. The first-order valence-electron chi connectivity index (χ1n) is 8.44. The highest BCUT2D eigenvalue weighted by Gasteiger charge is 2.27. The van der Waals surface area contributed by atoms with Gasteiger partial charge in [0.2, 0.25) is 5.95 Å². The van der Waals surface area contributed by atoms with Crippen LogP contribution in [0, 0.1) is 6.92 Å². The van der Waals surface area contributed by atoms with Gasteiger partial charge in [-0.15, -0.1) is 0 Å². The van der Waals surface area contributed by atoms with Crippen molar-refractivity contribution in [3.63, 3.8) is 0 Å². The molecule has 1 aliphatic heterocycles. The van der Waals surface area contributed by atoms with Crippen molar-refractivity contribution in [1.82, 2.24) is 30.2 Å². The van der Waals surface area contributed by atoms with Gasteiger partial charge in [-0.1, -0.05) is 17.2 Å². The summed E-state index contributed by atoms with van der Waals surface area (Å²) in [7, 11) is 1.65. The summed E-state index contributed by atoms with van der Waals surface area (Å²) in [6.07, 6.45) is 3.84. The molecule has 0 aliphatic carbocycles. The van der Waals surface area contributed by atoms with Gasteiger partial charge in [-0.3, -0.25) is 0 Å². The van der Waals surface area contributed by atoms with Crippen LogP contribution in [0.2, 0.25) is 0 Å². The van der Waals surface area contributed by atoms with Crippen LogP contribution in [0.5, 0.6) is 5.75 Å². The van der Waals surface area contributed by atoms with Crippen LogP contribution in [0.1, 0.15) is 30.1 Å². The Bertz CT molecular complexity index is 848. The fourth-order valence-corrected chi connectivity index (χ4v) is 3.47. The number of aromatic nitrogens is 6. The zero-order valence-electron chi connectivity index (χ0n) is 14.4. The number of rotatable bonds is 4. The molecule has 0 spiro atoms. The average molecular weight is 339 g/mol. The van der Waals surface area contributed by atoms with Crippen molar-refractivity contribution in [2.45, 2.75) is 25.7 Å². The quantitative estimate of drug-likeness (QED) is 0.783. The Kier molecular flexibility index (Phi) is 4.09. The van der Waals surface area contributed by atoms with Gasteiger partial charge < -0.3 is 14.6 Å². The SMILES string of the molecule is COc1ccccc1-n1nnnc1N1CCC(c2nc[nH]c2C)CC1. The summed E-state index contributed by atoms with van der Waals surface area (Å²) >= 11 is 0. The third-order valence-electron chi connectivity index (χ3n) is 4.80. The van der Waals surface area contributed by atoms with Gasteiger partial charge >= 0.3 is 0 Å². The predicted molar refractivity (Wildman–Crippen MR) is 93.2 cm³/mol. The largest absolute Gasteiger partial charge is 0.494 e. The number of para-hydroxylation sites is 2. The van der Waals surface area contributed by atoms with Crippen LogP contribution in [0.25, 0.3) is 5.69 Å². The summed E-state index contributed by atoms with van der Waals surface area (Å²) in [5.74, 6) is 1.98. The summed E-state index contributed by atoms with van der Waals surface area (Å²) in [4.78, 5) is 9.88. The van der Waals surface area contributed by atoms with Crippen LogP contribution in [0.15, 0.2) is 30.6 Å². The van der Waals surface area contributed by atoms with E-state index in [1.165, 1.54) is 5.69 Å². The Balaban J connectivity index is 1.55. The zero-order chi connectivity index (χ0) is 17.2. The third-order valence-corrected chi connectivity index (χ3v) is 4.80. The maximum atomic E-state index is 5.44. The molecule has 8 heteroatoms. The number of hydrogen-bond acceptors (Lipinski definition) is 6. The molecule has 0 saturated carbocycles. The average Bonchev–Trinajstić information content (AvgIpc) is 3.31. The number of methoxy groups -OCH3 is 1. The van der Waals surface area contributed by atoms with E-state index in [4.69, 9.17) is 4.74 Å². The summed E-state index contributed by atoms with van der Waals surface area (Å²) in [5, 5.41) is 12.3. The van der Waals surface area contributed by atoms with Crippen LogP contribution in [0.4, 0.5) is 5.95 Å². The van der Waals surface area contributed by atoms with E-state index in [-0.39, 0.29) is 0 Å². The van der Waals surface area contributed by atoms with Crippen LogP contribution in [-0.4, -0.2) is 50.4 Å². The van der Waals surface area contributed by atoms with Gasteiger partial charge in [0.1, 0.15) is 11.4 Å². The lowest BCUT2D eigenvalue weighted by atomic mass is 9.93. The topological polar surface area (TPSA) is 84.8 Å². The van der Waals surface area contributed by atoms with Gasteiger partial charge in [0.15, 0.2) is 0 Å². The Morgan fingerprint density at radius 2 is 2.00 bits per heavy atom. The Hall–Kier alpha value is -2.90. The van der Waals surface area contributed by atoms with Gasteiger partial charge in [0, 0.05) is 24.7 Å². The van der Waals surface area contributed by atoms with E-state index < -0.39 is 0 Å². The van der Waals surface area contributed by atoms with E-state index in [1.54, 1.807) is 18.1 Å². The molecule has 8 nitrogen and oxygen atoms in total. The second-order valence-electron chi connectivity index (χ2n) is 6.24. The molecule has 3 heterocycles. The molecule has 0 unspecified atom stereocenters. The first-order chi connectivity index (χ1) is 12.3. The molecule has 1 aliphatic rings. The number of anilines is 1. The van der Waals surface area contributed by atoms with Crippen LogP contribution >= 0.6 is 0 Å². The van der Waals surface area contributed by atoms with Crippen LogP contribution < -0.4 is 9.64 Å². The van der Waals surface area contributed by atoms with E-state index in [0.29, 0.717) is 5.92 Å². The minimum atomic E-state index is 0.484. The number of hydrogen-bond donors (Lipinski definition) is 1. The molecule has 1 fully saturated rings. The molecular weight excluding hydrogens is 318 g/mol. The van der Waals surface area contributed by atoms with E-state index in [9.17, 15) is 0 Å². The van der Waals surface area contributed by atoms with Crippen molar-refractivity contribution in [3.05, 3.63) is 42.0 Å². The summed E-state index contributed by atoms with van der Waals surface area (Å²) < 4.78 is 7.19. The number of ether oxygens (including phenoxy) is 1. The molecule has 3 aromatic rings. The summed E-state index contributed by atoms with van der Waals surface area (Å²) in [5.41, 5.74) is 3.19. The Morgan fingerprint density at radius 1 is 1.20 bits per heavy atom. The van der Waals surface area contributed by atoms with E-state index in [1.807, 2.05) is 24.3 Å². The molecule has 25 heavy (non-hydrogen) atoms. The molecular formula is C17H21N7O. The fourth-order valence-electron chi connectivity index (χ4n) is 3.47. The van der Waals surface area contributed by atoms with Gasteiger partial charge in [-0.2, -0.15) is 4.68 Å². The highest BCUT2D eigenvalue weighted by atomic mass is 16.5. The number of nitrogens with zero attached hydrogens (tertiary/aromatic N) is 6. The number of nitrogens with one attached hydrogen (secondary N) is 1. The molecule has 1 aromatic carbocycles. The molecule has 2 aromatic heterocycles. The smallest absolute Gasteiger partial charge is 0.250 e. The minimum Gasteiger partial charge on any atom is -0.494 e. The molecule has 4 rings (SSSR count). The lowest BCUT2D eigenvalue weighted by Crippen LogP contribution is -2.35. The molecule has 130 valence electrons. The number of H-pyrrole nitrogens is 1. The molecule has 0 radical (unpaired) electrons. The Morgan fingerprint density at radius 3 is 2.72 bits per heavy atom. The van der Waals surface area contributed by atoms with Gasteiger partial charge in [0.25, 0.3) is 0 Å². The number of aromatic amines is 1. The van der Waals surface area contributed by atoms with Crippen molar-refractivity contribution in [2.75, 3.05) is 25.1 Å². The molecule has 1 saturated heterocycles. The van der Waals surface area contributed by atoms with Crippen molar-refractivity contribution >= 4 is 5.95 Å². The molecule has 0 atom stereocenters. The number of imidazole rings is 1. The van der Waals surface area contributed by atoms with Crippen LogP contribution in [0.3, 0.4) is 0 Å². The lowest BCUT2D eigenvalue weighted by Gasteiger charge is -2.31. The molecule has 0 amide bonds. The van der Waals surface area contributed by atoms with E-state index >= 15 is 0 Å². The normalized spacial score (nSPS) is 15.5. The first-order valence-corrected chi connectivity index (χ1v) is 8.44. The predicted octanol–water partition coefficient (Wildman–Crippen LogP) is 2.09. The maximum Gasteiger partial charge on any atom is 0.250 e. The van der Waals surface area contributed by atoms with Crippen LogP contribution in [-0.2, 0) is 0 Å². The van der Waals surface area contributed by atoms with Crippen molar-refractivity contribution < 1.29 is 4.74 Å². The van der Waals surface area contributed by atoms with E-state index in [0.717, 1.165) is 49.0 Å². The second kappa shape index (κ2) is 6.54.